The summed E-state index contributed by atoms with van der Waals surface area (Å²) in [6.07, 6.45) is 0. The van der Waals surface area contributed by atoms with E-state index in [4.69, 9.17) is 17.3 Å². The number of benzene rings is 2. The summed E-state index contributed by atoms with van der Waals surface area (Å²) in [5.41, 5.74) is 7.54. The van der Waals surface area contributed by atoms with E-state index in [2.05, 4.69) is 10.6 Å². The zero-order chi connectivity index (χ0) is 15.4. The van der Waals surface area contributed by atoms with Crippen LogP contribution in [0.3, 0.4) is 0 Å². The van der Waals surface area contributed by atoms with Gasteiger partial charge in [0, 0.05) is 18.3 Å². The van der Waals surface area contributed by atoms with Crippen molar-refractivity contribution in [3.8, 4) is 0 Å². The molecule has 0 saturated carbocycles. The third-order valence-corrected chi connectivity index (χ3v) is 3.06. The van der Waals surface area contributed by atoms with Gasteiger partial charge in [0.1, 0.15) is 0 Å². The standard InChI is InChI=1S/C15H14ClN3O2/c1-9(20)18-14-7-6-10(8-12(14)16)19-15(21)11-4-2-3-5-13(11)17/h2-8H,17H2,1H3,(H,18,20)(H,19,21). The topological polar surface area (TPSA) is 84.2 Å². The van der Waals surface area contributed by atoms with Crippen LogP contribution in [0.1, 0.15) is 17.3 Å². The molecule has 5 nitrogen and oxygen atoms in total. The van der Waals surface area contributed by atoms with E-state index in [0.717, 1.165) is 0 Å². The Morgan fingerprint density at radius 2 is 1.81 bits per heavy atom. The highest BCUT2D eigenvalue weighted by molar-refractivity contribution is 6.34. The number of amides is 2. The smallest absolute Gasteiger partial charge is 0.257 e. The van der Waals surface area contributed by atoms with Gasteiger partial charge in [0.15, 0.2) is 0 Å². The van der Waals surface area contributed by atoms with Crippen LogP contribution in [0.15, 0.2) is 42.5 Å². The molecule has 0 heterocycles. The van der Waals surface area contributed by atoms with Gasteiger partial charge in [0.25, 0.3) is 5.91 Å². The van der Waals surface area contributed by atoms with Gasteiger partial charge in [-0.25, -0.2) is 0 Å². The number of anilines is 3. The largest absolute Gasteiger partial charge is 0.398 e. The van der Waals surface area contributed by atoms with Crippen molar-refractivity contribution in [3.63, 3.8) is 0 Å². The van der Waals surface area contributed by atoms with E-state index >= 15 is 0 Å². The van der Waals surface area contributed by atoms with Crippen molar-refractivity contribution in [2.75, 3.05) is 16.4 Å². The molecule has 0 aliphatic heterocycles. The van der Waals surface area contributed by atoms with Crippen molar-refractivity contribution in [2.24, 2.45) is 0 Å². The van der Waals surface area contributed by atoms with Gasteiger partial charge >= 0.3 is 0 Å². The maximum absolute atomic E-state index is 12.1. The number of hydrogen-bond donors (Lipinski definition) is 3. The molecule has 4 N–H and O–H groups in total. The van der Waals surface area contributed by atoms with Crippen LogP contribution < -0.4 is 16.4 Å². The predicted octanol–water partition coefficient (Wildman–Crippen LogP) is 3.13. The lowest BCUT2D eigenvalue weighted by atomic mass is 10.1. The molecule has 108 valence electrons. The van der Waals surface area contributed by atoms with Crippen LogP contribution in [0.2, 0.25) is 5.02 Å². The Balaban J connectivity index is 2.17. The molecule has 0 fully saturated rings. The van der Waals surface area contributed by atoms with E-state index in [9.17, 15) is 9.59 Å². The Morgan fingerprint density at radius 1 is 1.10 bits per heavy atom. The van der Waals surface area contributed by atoms with Crippen LogP contribution in [0.5, 0.6) is 0 Å². The Hall–Kier alpha value is -2.53. The van der Waals surface area contributed by atoms with E-state index in [-0.39, 0.29) is 11.8 Å². The Labute approximate surface area is 127 Å². The number of halogens is 1. The van der Waals surface area contributed by atoms with Gasteiger partial charge in [0.2, 0.25) is 5.91 Å². The second kappa shape index (κ2) is 6.28. The summed E-state index contributed by atoms with van der Waals surface area (Å²) >= 11 is 6.04. The second-order valence-electron chi connectivity index (χ2n) is 4.42. The van der Waals surface area contributed by atoms with E-state index in [1.54, 1.807) is 42.5 Å². The molecule has 0 spiro atoms. The molecule has 0 aromatic heterocycles. The second-order valence-corrected chi connectivity index (χ2v) is 4.82. The summed E-state index contributed by atoms with van der Waals surface area (Å²) in [6.45, 7) is 1.39. The maximum atomic E-state index is 12.1. The monoisotopic (exact) mass is 303 g/mol. The summed E-state index contributed by atoms with van der Waals surface area (Å²) < 4.78 is 0. The average molecular weight is 304 g/mol. The summed E-state index contributed by atoms with van der Waals surface area (Å²) in [6, 6.07) is 11.6. The first kappa shape index (κ1) is 14.9. The third kappa shape index (κ3) is 3.73. The van der Waals surface area contributed by atoms with Crippen LogP contribution >= 0.6 is 11.6 Å². The van der Waals surface area contributed by atoms with Crippen molar-refractivity contribution in [2.45, 2.75) is 6.92 Å². The van der Waals surface area contributed by atoms with Crippen molar-refractivity contribution in [1.29, 1.82) is 0 Å². The van der Waals surface area contributed by atoms with Crippen LogP contribution in [-0.4, -0.2) is 11.8 Å². The van der Waals surface area contributed by atoms with Crippen LogP contribution in [0.4, 0.5) is 17.1 Å². The Kier molecular flexibility index (Phi) is 4.45. The summed E-state index contributed by atoms with van der Waals surface area (Å²) in [5.74, 6) is -0.540. The minimum Gasteiger partial charge on any atom is -0.398 e. The van der Waals surface area contributed by atoms with Crippen molar-refractivity contribution in [3.05, 3.63) is 53.1 Å². The van der Waals surface area contributed by atoms with Crippen LogP contribution in [0, 0.1) is 0 Å². The maximum Gasteiger partial charge on any atom is 0.257 e. The predicted molar refractivity (Wildman–Crippen MR) is 84.6 cm³/mol. The molecule has 0 unspecified atom stereocenters. The molecule has 0 radical (unpaired) electrons. The number of carbonyl (C=O) groups is 2. The number of carbonyl (C=O) groups excluding carboxylic acids is 2. The van der Waals surface area contributed by atoms with Crippen LogP contribution in [-0.2, 0) is 4.79 Å². The van der Waals surface area contributed by atoms with E-state index < -0.39 is 0 Å². The highest BCUT2D eigenvalue weighted by Gasteiger charge is 2.10. The minimum absolute atomic E-state index is 0.217. The fraction of sp³-hybridized carbons (Fsp3) is 0.0667. The molecule has 6 heteroatoms. The SMILES string of the molecule is CC(=O)Nc1ccc(NC(=O)c2ccccc2N)cc1Cl. The molecule has 2 rings (SSSR count). The molecular formula is C15H14ClN3O2. The first-order valence-corrected chi connectivity index (χ1v) is 6.58. The van der Waals surface area contributed by atoms with E-state index in [1.807, 2.05) is 0 Å². The van der Waals surface area contributed by atoms with Gasteiger partial charge in [-0.3, -0.25) is 9.59 Å². The lowest BCUT2D eigenvalue weighted by Gasteiger charge is -2.10. The van der Waals surface area contributed by atoms with Gasteiger partial charge in [0.05, 0.1) is 16.3 Å². The van der Waals surface area contributed by atoms with E-state index in [0.29, 0.717) is 27.6 Å². The first-order valence-electron chi connectivity index (χ1n) is 6.20. The summed E-state index contributed by atoms with van der Waals surface area (Å²) in [4.78, 5) is 23.1. The molecule has 0 aliphatic carbocycles. The summed E-state index contributed by atoms with van der Waals surface area (Å²) in [5, 5.41) is 5.63. The molecule has 0 bridgehead atoms. The highest BCUT2D eigenvalue weighted by atomic mass is 35.5. The van der Waals surface area contributed by atoms with Gasteiger partial charge in [-0.15, -0.1) is 0 Å². The minimum atomic E-state index is -0.323. The quantitative estimate of drug-likeness (QED) is 0.762. The summed E-state index contributed by atoms with van der Waals surface area (Å²) in [7, 11) is 0. The van der Waals surface area contributed by atoms with Crippen molar-refractivity contribution in [1.82, 2.24) is 0 Å². The fourth-order valence-corrected chi connectivity index (χ4v) is 2.01. The number of hydrogen-bond acceptors (Lipinski definition) is 3. The molecule has 0 aliphatic rings. The van der Waals surface area contributed by atoms with Crippen LogP contribution in [0.25, 0.3) is 0 Å². The molecule has 0 saturated heterocycles. The molecule has 2 amide bonds. The Bertz CT molecular complexity index is 701. The van der Waals surface area contributed by atoms with Crippen molar-refractivity contribution < 1.29 is 9.59 Å². The molecule has 0 atom stereocenters. The highest BCUT2D eigenvalue weighted by Crippen LogP contribution is 2.26. The van der Waals surface area contributed by atoms with Crippen molar-refractivity contribution >= 4 is 40.5 Å². The van der Waals surface area contributed by atoms with E-state index in [1.165, 1.54) is 6.92 Å². The number of nitrogens with one attached hydrogen (secondary N) is 2. The fourth-order valence-electron chi connectivity index (χ4n) is 1.79. The number of rotatable bonds is 3. The van der Waals surface area contributed by atoms with Gasteiger partial charge < -0.3 is 16.4 Å². The normalized spacial score (nSPS) is 10.0. The lowest BCUT2D eigenvalue weighted by molar-refractivity contribution is -0.114. The zero-order valence-electron chi connectivity index (χ0n) is 11.3. The lowest BCUT2D eigenvalue weighted by Crippen LogP contribution is -2.14. The Morgan fingerprint density at radius 3 is 2.43 bits per heavy atom. The number of para-hydroxylation sites is 1. The molecular weight excluding hydrogens is 290 g/mol. The molecule has 2 aromatic carbocycles. The number of nitrogen functional groups attached to an aromatic ring is 1. The zero-order valence-corrected chi connectivity index (χ0v) is 12.1. The number of nitrogens with two attached hydrogens (primary N) is 1. The average Bonchev–Trinajstić information content (AvgIpc) is 2.42. The third-order valence-electron chi connectivity index (χ3n) is 2.74. The van der Waals surface area contributed by atoms with Gasteiger partial charge in [-0.05, 0) is 30.3 Å². The molecule has 2 aromatic rings. The van der Waals surface area contributed by atoms with Gasteiger partial charge in [-0.1, -0.05) is 23.7 Å². The first-order chi connectivity index (χ1) is 9.97. The molecule has 21 heavy (non-hydrogen) atoms. The van der Waals surface area contributed by atoms with Gasteiger partial charge in [-0.2, -0.15) is 0 Å².